The monoisotopic (exact) mass is 451 g/mol. The summed E-state index contributed by atoms with van der Waals surface area (Å²) in [5.74, 6) is 0.151. The molecule has 0 aromatic heterocycles. The maximum atomic E-state index is 13.1. The van der Waals surface area contributed by atoms with Crippen LogP contribution in [0, 0.1) is 11.8 Å². The summed E-state index contributed by atoms with van der Waals surface area (Å²) in [5, 5.41) is 6.38. The van der Waals surface area contributed by atoms with E-state index in [9.17, 15) is 9.59 Å². The minimum absolute atomic E-state index is 0.0121. The first-order valence-electron chi connectivity index (χ1n) is 11.2. The van der Waals surface area contributed by atoms with Crippen molar-refractivity contribution in [1.29, 1.82) is 0 Å². The normalized spacial score (nSPS) is 24.4. The Morgan fingerprint density at radius 1 is 1.32 bits per heavy atom. The van der Waals surface area contributed by atoms with E-state index in [2.05, 4.69) is 29.4 Å². The molecule has 0 spiro atoms. The Kier molecular flexibility index (Phi) is 8.06. The van der Waals surface area contributed by atoms with Crippen molar-refractivity contribution in [1.82, 2.24) is 10.6 Å². The van der Waals surface area contributed by atoms with E-state index < -0.39 is 0 Å². The summed E-state index contributed by atoms with van der Waals surface area (Å²) in [4.78, 5) is 27.7. The van der Waals surface area contributed by atoms with Crippen molar-refractivity contribution in [2.75, 3.05) is 38.3 Å². The fourth-order valence-corrected chi connectivity index (χ4v) is 4.99. The van der Waals surface area contributed by atoms with Gasteiger partial charge in [0.15, 0.2) is 5.75 Å². The molecule has 3 rings (SSSR count). The van der Waals surface area contributed by atoms with E-state index in [1.165, 1.54) is 0 Å². The maximum absolute atomic E-state index is 13.1. The molecule has 0 saturated carbocycles. The second kappa shape index (κ2) is 10.6. The number of piperidine rings is 1. The molecule has 1 aromatic carbocycles. The van der Waals surface area contributed by atoms with Crippen LogP contribution in [0.4, 0.5) is 5.69 Å². The van der Waals surface area contributed by atoms with Crippen molar-refractivity contribution in [3.63, 3.8) is 0 Å². The lowest BCUT2D eigenvalue weighted by Gasteiger charge is -2.36. The van der Waals surface area contributed by atoms with Gasteiger partial charge in [-0.1, -0.05) is 18.5 Å². The molecule has 0 bridgehead atoms. The summed E-state index contributed by atoms with van der Waals surface area (Å²) in [7, 11) is 1.57. The van der Waals surface area contributed by atoms with E-state index >= 15 is 0 Å². The van der Waals surface area contributed by atoms with Gasteiger partial charge in [-0.2, -0.15) is 0 Å². The van der Waals surface area contributed by atoms with Crippen molar-refractivity contribution < 1.29 is 19.1 Å². The number of carbonyl (C=O) groups is 2. The molecule has 1 aromatic rings. The molecule has 31 heavy (non-hydrogen) atoms. The molecule has 0 radical (unpaired) electrons. The summed E-state index contributed by atoms with van der Waals surface area (Å²) < 4.78 is 11.2. The smallest absolute Gasteiger partial charge is 0.255 e. The molecule has 2 amide bonds. The molecule has 2 N–H and O–H groups in total. The Bertz CT molecular complexity index is 797. The summed E-state index contributed by atoms with van der Waals surface area (Å²) in [5.41, 5.74) is 1.19. The Morgan fingerprint density at radius 2 is 2.03 bits per heavy atom. The summed E-state index contributed by atoms with van der Waals surface area (Å²) in [6, 6.07) is 3.95. The highest BCUT2D eigenvalue weighted by molar-refractivity contribution is 6.31. The lowest BCUT2D eigenvalue weighted by atomic mass is 9.84. The van der Waals surface area contributed by atoms with E-state index in [0.29, 0.717) is 22.4 Å². The molecule has 7 nitrogen and oxygen atoms in total. The number of nitrogens with one attached hydrogen (secondary N) is 2. The number of hydrogen-bond donors (Lipinski definition) is 2. The fourth-order valence-electron chi connectivity index (χ4n) is 4.78. The molecule has 2 aliphatic heterocycles. The first-order chi connectivity index (χ1) is 14.8. The number of nitrogens with zero attached hydrogens (tertiary/aromatic N) is 1. The van der Waals surface area contributed by atoms with E-state index in [-0.39, 0.29) is 36.2 Å². The molecular formula is C23H34ClN3O4. The lowest BCUT2D eigenvalue weighted by molar-refractivity contribution is -0.129. The molecule has 8 heteroatoms. The molecule has 2 heterocycles. The van der Waals surface area contributed by atoms with E-state index in [1.54, 1.807) is 13.2 Å². The zero-order chi connectivity index (χ0) is 22.5. The van der Waals surface area contributed by atoms with Crippen LogP contribution in [-0.4, -0.2) is 57.3 Å². The number of rotatable bonds is 7. The number of methoxy groups -OCH3 is 1. The zero-order valence-electron chi connectivity index (χ0n) is 18.9. The van der Waals surface area contributed by atoms with Gasteiger partial charge >= 0.3 is 0 Å². The molecule has 2 saturated heterocycles. The Balaban J connectivity index is 1.81. The first-order valence-corrected chi connectivity index (χ1v) is 11.5. The van der Waals surface area contributed by atoms with Crippen LogP contribution in [0.2, 0.25) is 5.02 Å². The Hall–Kier alpha value is -1.99. The van der Waals surface area contributed by atoms with Gasteiger partial charge in [0.05, 0.1) is 24.3 Å². The largest absolute Gasteiger partial charge is 0.494 e. The van der Waals surface area contributed by atoms with E-state index in [1.807, 2.05) is 13.0 Å². The summed E-state index contributed by atoms with van der Waals surface area (Å²) in [6.45, 7) is 8.62. The minimum atomic E-state index is -0.290. The van der Waals surface area contributed by atoms with Crippen LogP contribution in [0.25, 0.3) is 0 Å². The van der Waals surface area contributed by atoms with Crippen LogP contribution >= 0.6 is 11.6 Å². The Morgan fingerprint density at radius 3 is 2.65 bits per heavy atom. The quantitative estimate of drug-likeness (QED) is 0.665. The highest BCUT2D eigenvalue weighted by Gasteiger charge is 2.33. The van der Waals surface area contributed by atoms with Gasteiger partial charge in [-0.05, 0) is 51.2 Å². The predicted molar refractivity (Wildman–Crippen MR) is 122 cm³/mol. The molecule has 172 valence electrons. The number of anilines is 1. The molecule has 0 aliphatic carbocycles. The molecule has 2 aliphatic rings. The Labute approximate surface area is 189 Å². The van der Waals surface area contributed by atoms with Crippen LogP contribution in [0.5, 0.6) is 5.75 Å². The highest BCUT2D eigenvalue weighted by Crippen LogP contribution is 2.38. The van der Waals surface area contributed by atoms with E-state index in [4.69, 9.17) is 21.1 Å². The molecular weight excluding hydrogens is 418 g/mol. The number of ether oxygens (including phenoxy) is 2. The van der Waals surface area contributed by atoms with E-state index in [0.717, 1.165) is 44.7 Å². The van der Waals surface area contributed by atoms with Crippen LogP contribution in [0.3, 0.4) is 0 Å². The van der Waals surface area contributed by atoms with Crippen molar-refractivity contribution in [2.24, 2.45) is 11.8 Å². The first kappa shape index (κ1) is 23.7. The third-order valence-electron chi connectivity index (χ3n) is 6.38. The van der Waals surface area contributed by atoms with Gasteiger partial charge in [-0.25, -0.2) is 0 Å². The summed E-state index contributed by atoms with van der Waals surface area (Å²) >= 11 is 6.42. The van der Waals surface area contributed by atoms with Crippen LogP contribution in [0.1, 0.15) is 50.4 Å². The zero-order valence-corrected chi connectivity index (χ0v) is 19.6. The van der Waals surface area contributed by atoms with Crippen molar-refractivity contribution in [2.45, 2.75) is 52.1 Å². The average Bonchev–Trinajstić information content (AvgIpc) is 2.73. The number of carbonyl (C=O) groups excluding carboxylic acids is 2. The number of benzene rings is 1. The molecule has 2 fully saturated rings. The second-order valence-electron chi connectivity index (χ2n) is 8.57. The minimum Gasteiger partial charge on any atom is -0.494 e. The summed E-state index contributed by atoms with van der Waals surface area (Å²) in [6.07, 6.45) is 2.73. The van der Waals surface area contributed by atoms with Gasteiger partial charge in [-0.3, -0.25) is 9.59 Å². The van der Waals surface area contributed by atoms with Crippen LogP contribution in [0.15, 0.2) is 12.1 Å². The van der Waals surface area contributed by atoms with Crippen molar-refractivity contribution >= 4 is 29.1 Å². The molecule has 3 atom stereocenters. The SMILES string of the molecule is CCN(c1cc(Cl)cc(C(=O)NCC2C(=O)NC(C)CC2C)c1OC)C1CCOCC1. The number of halogens is 1. The standard InChI is InChI=1S/C23H34ClN3O4/c1-5-27(17-6-8-31-9-7-17)20-12-16(24)11-18(21(20)30-4)22(28)25-13-19-14(2)10-15(3)26-23(19)29/h11-12,14-15,17,19H,5-10,13H2,1-4H3,(H,25,28)(H,26,29). The topological polar surface area (TPSA) is 79.9 Å². The van der Waals surface area contributed by atoms with Gasteiger partial charge < -0.3 is 25.0 Å². The van der Waals surface area contributed by atoms with Gasteiger partial charge in [-0.15, -0.1) is 0 Å². The third kappa shape index (κ3) is 5.44. The maximum Gasteiger partial charge on any atom is 0.255 e. The van der Waals surface area contributed by atoms with Gasteiger partial charge in [0.25, 0.3) is 5.91 Å². The predicted octanol–water partition coefficient (Wildman–Crippen LogP) is 3.24. The van der Waals surface area contributed by atoms with Gasteiger partial charge in [0.1, 0.15) is 0 Å². The van der Waals surface area contributed by atoms with Crippen LogP contribution in [-0.2, 0) is 9.53 Å². The van der Waals surface area contributed by atoms with Crippen LogP contribution < -0.4 is 20.3 Å². The van der Waals surface area contributed by atoms with Crippen molar-refractivity contribution in [3.8, 4) is 5.75 Å². The number of hydrogen-bond acceptors (Lipinski definition) is 5. The van der Waals surface area contributed by atoms with Gasteiger partial charge in [0.2, 0.25) is 5.91 Å². The average molecular weight is 452 g/mol. The lowest BCUT2D eigenvalue weighted by Crippen LogP contribution is -2.50. The third-order valence-corrected chi connectivity index (χ3v) is 6.60. The highest BCUT2D eigenvalue weighted by atomic mass is 35.5. The van der Waals surface area contributed by atoms with Crippen molar-refractivity contribution in [3.05, 3.63) is 22.7 Å². The molecule has 3 unspecified atom stereocenters. The number of amides is 2. The fraction of sp³-hybridized carbons (Fsp3) is 0.652. The second-order valence-corrected chi connectivity index (χ2v) is 9.01. The van der Waals surface area contributed by atoms with Gasteiger partial charge in [0, 0.05) is 43.4 Å².